The molecule has 0 atom stereocenters. The lowest BCUT2D eigenvalue weighted by molar-refractivity contribution is 0.412. The molecule has 0 aliphatic carbocycles. The molecule has 3 nitrogen and oxygen atoms in total. The van der Waals surface area contributed by atoms with Crippen LogP contribution >= 0.6 is 15.9 Å². The van der Waals surface area contributed by atoms with Gasteiger partial charge in [0.05, 0.1) is 11.6 Å². The molecular formula is C16H18BrNO2. The molecule has 1 N–H and O–H groups in total. The molecule has 0 spiro atoms. The van der Waals surface area contributed by atoms with Crippen molar-refractivity contribution in [1.29, 1.82) is 0 Å². The molecule has 0 heterocycles. The number of methoxy groups -OCH3 is 1. The highest BCUT2D eigenvalue weighted by Crippen LogP contribution is 2.32. The highest BCUT2D eigenvalue weighted by atomic mass is 79.9. The molecule has 0 aliphatic rings. The second-order valence-corrected chi connectivity index (χ2v) is 5.18. The fraction of sp³-hybridized carbons (Fsp3) is 0.250. The third-order valence-corrected chi connectivity index (χ3v) is 3.46. The number of rotatable bonds is 6. The molecule has 106 valence electrons. The zero-order valence-electron chi connectivity index (χ0n) is 11.7. The third kappa shape index (κ3) is 3.99. The van der Waals surface area contributed by atoms with Crippen LogP contribution in [0.3, 0.4) is 0 Å². The van der Waals surface area contributed by atoms with Gasteiger partial charge >= 0.3 is 0 Å². The molecule has 0 aromatic heterocycles. The van der Waals surface area contributed by atoms with Crippen LogP contribution in [0.15, 0.2) is 46.9 Å². The summed E-state index contributed by atoms with van der Waals surface area (Å²) in [6.07, 6.45) is 0. The molecule has 20 heavy (non-hydrogen) atoms. The van der Waals surface area contributed by atoms with E-state index in [4.69, 9.17) is 9.47 Å². The number of halogens is 1. The van der Waals surface area contributed by atoms with Crippen molar-refractivity contribution in [2.45, 2.75) is 13.5 Å². The van der Waals surface area contributed by atoms with E-state index < -0.39 is 0 Å². The summed E-state index contributed by atoms with van der Waals surface area (Å²) in [5.41, 5.74) is 1.20. The Morgan fingerprint density at radius 2 is 1.95 bits per heavy atom. The van der Waals surface area contributed by atoms with E-state index in [2.05, 4.69) is 34.2 Å². The molecule has 0 radical (unpaired) electrons. The lowest BCUT2D eigenvalue weighted by Crippen LogP contribution is -2.11. The second-order valence-electron chi connectivity index (χ2n) is 4.33. The largest absolute Gasteiger partial charge is 0.497 e. The predicted molar refractivity (Wildman–Crippen MR) is 84.6 cm³/mol. The van der Waals surface area contributed by atoms with Crippen molar-refractivity contribution in [3.05, 3.63) is 52.5 Å². The van der Waals surface area contributed by atoms with E-state index in [-0.39, 0.29) is 0 Å². The minimum Gasteiger partial charge on any atom is -0.497 e. The van der Waals surface area contributed by atoms with Crippen molar-refractivity contribution in [2.75, 3.05) is 13.7 Å². The average Bonchev–Trinajstić information content (AvgIpc) is 2.47. The van der Waals surface area contributed by atoms with Crippen molar-refractivity contribution in [1.82, 2.24) is 5.32 Å². The molecule has 0 bridgehead atoms. The minimum absolute atomic E-state index is 0.770. The number of hydrogen-bond donors (Lipinski definition) is 1. The zero-order valence-corrected chi connectivity index (χ0v) is 13.2. The Labute approximate surface area is 128 Å². The molecule has 0 amide bonds. The van der Waals surface area contributed by atoms with Gasteiger partial charge in [0.25, 0.3) is 0 Å². The summed E-state index contributed by atoms with van der Waals surface area (Å²) in [6, 6.07) is 13.7. The van der Waals surface area contributed by atoms with Crippen LogP contribution < -0.4 is 14.8 Å². The van der Waals surface area contributed by atoms with Crippen molar-refractivity contribution in [3.8, 4) is 17.2 Å². The van der Waals surface area contributed by atoms with Crippen LogP contribution in [0.25, 0.3) is 0 Å². The SMILES string of the molecule is CCNCc1cccc(Oc2ccc(OC)cc2Br)c1. The van der Waals surface area contributed by atoms with Crippen LogP contribution in [-0.4, -0.2) is 13.7 Å². The van der Waals surface area contributed by atoms with Crippen LogP contribution in [0.4, 0.5) is 0 Å². The quantitative estimate of drug-likeness (QED) is 0.850. The van der Waals surface area contributed by atoms with Gasteiger partial charge in [-0.1, -0.05) is 19.1 Å². The van der Waals surface area contributed by atoms with E-state index in [1.165, 1.54) is 5.56 Å². The van der Waals surface area contributed by atoms with Crippen LogP contribution in [0, 0.1) is 0 Å². The standard InChI is InChI=1S/C16H18BrNO2/c1-3-18-11-12-5-4-6-14(9-12)20-16-8-7-13(19-2)10-15(16)17/h4-10,18H,3,11H2,1-2H3. The smallest absolute Gasteiger partial charge is 0.141 e. The molecular weight excluding hydrogens is 318 g/mol. The Hall–Kier alpha value is -1.52. The maximum atomic E-state index is 5.90. The first-order valence-electron chi connectivity index (χ1n) is 6.54. The van der Waals surface area contributed by atoms with Crippen LogP contribution in [0.2, 0.25) is 0 Å². The Bertz CT molecular complexity index is 572. The Morgan fingerprint density at radius 3 is 2.65 bits per heavy atom. The van der Waals surface area contributed by atoms with Crippen molar-refractivity contribution in [3.63, 3.8) is 0 Å². The van der Waals surface area contributed by atoms with Gasteiger partial charge < -0.3 is 14.8 Å². The van der Waals surface area contributed by atoms with E-state index in [1.807, 2.05) is 36.4 Å². The average molecular weight is 336 g/mol. The lowest BCUT2D eigenvalue weighted by Gasteiger charge is -2.10. The fourth-order valence-electron chi connectivity index (χ4n) is 1.81. The summed E-state index contributed by atoms with van der Waals surface area (Å²) in [5.74, 6) is 2.39. The highest BCUT2D eigenvalue weighted by molar-refractivity contribution is 9.10. The molecule has 0 aliphatic heterocycles. The van der Waals surface area contributed by atoms with E-state index in [9.17, 15) is 0 Å². The number of ether oxygens (including phenoxy) is 2. The first-order chi connectivity index (χ1) is 9.72. The van der Waals surface area contributed by atoms with E-state index in [0.29, 0.717) is 0 Å². The van der Waals surface area contributed by atoms with Crippen LogP contribution in [-0.2, 0) is 6.54 Å². The van der Waals surface area contributed by atoms with Gasteiger partial charge in [0.1, 0.15) is 17.2 Å². The molecule has 0 saturated heterocycles. The zero-order chi connectivity index (χ0) is 14.4. The van der Waals surface area contributed by atoms with Crippen LogP contribution in [0.5, 0.6) is 17.2 Å². The Balaban J connectivity index is 2.13. The van der Waals surface area contributed by atoms with Gasteiger partial charge in [0.15, 0.2) is 0 Å². The van der Waals surface area contributed by atoms with Crippen molar-refractivity contribution >= 4 is 15.9 Å². The second kappa shape index (κ2) is 7.31. The third-order valence-electron chi connectivity index (χ3n) is 2.84. The molecule has 2 rings (SSSR count). The molecule has 2 aromatic rings. The number of hydrogen-bond acceptors (Lipinski definition) is 3. The lowest BCUT2D eigenvalue weighted by atomic mass is 10.2. The van der Waals surface area contributed by atoms with Gasteiger partial charge in [-0.2, -0.15) is 0 Å². The molecule has 0 fully saturated rings. The minimum atomic E-state index is 0.770. The topological polar surface area (TPSA) is 30.5 Å². The molecule has 2 aromatic carbocycles. The van der Waals surface area contributed by atoms with Crippen LogP contribution in [0.1, 0.15) is 12.5 Å². The maximum absolute atomic E-state index is 5.90. The highest BCUT2D eigenvalue weighted by Gasteiger charge is 2.05. The van der Waals surface area contributed by atoms with Gasteiger partial charge in [0.2, 0.25) is 0 Å². The van der Waals surface area contributed by atoms with E-state index in [1.54, 1.807) is 7.11 Å². The normalized spacial score (nSPS) is 10.3. The summed E-state index contributed by atoms with van der Waals surface area (Å²) in [5, 5.41) is 3.30. The van der Waals surface area contributed by atoms with Gasteiger partial charge in [-0.3, -0.25) is 0 Å². The molecule has 4 heteroatoms. The van der Waals surface area contributed by atoms with Gasteiger partial charge in [0, 0.05) is 6.54 Å². The molecule has 0 saturated carbocycles. The van der Waals surface area contributed by atoms with E-state index in [0.717, 1.165) is 34.8 Å². The van der Waals surface area contributed by atoms with Gasteiger partial charge in [-0.05, 0) is 58.4 Å². The van der Waals surface area contributed by atoms with Crippen molar-refractivity contribution < 1.29 is 9.47 Å². The maximum Gasteiger partial charge on any atom is 0.141 e. The van der Waals surface area contributed by atoms with Gasteiger partial charge in [-0.25, -0.2) is 0 Å². The first kappa shape index (κ1) is 14.9. The Kier molecular flexibility index (Phi) is 5.44. The first-order valence-corrected chi connectivity index (χ1v) is 7.33. The molecule has 0 unspecified atom stereocenters. The summed E-state index contributed by atoms with van der Waals surface area (Å²) in [6.45, 7) is 3.89. The summed E-state index contributed by atoms with van der Waals surface area (Å²) >= 11 is 3.49. The monoisotopic (exact) mass is 335 g/mol. The fourth-order valence-corrected chi connectivity index (χ4v) is 2.25. The number of nitrogens with one attached hydrogen (secondary N) is 1. The number of benzene rings is 2. The summed E-state index contributed by atoms with van der Waals surface area (Å²) in [7, 11) is 1.65. The van der Waals surface area contributed by atoms with Crippen molar-refractivity contribution in [2.24, 2.45) is 0 Å². The van der Waals surface area contributed by atoms with Gasteiger partial charge in [-0.15, -0.1) is 0 Å². The predicted octanol–water partition coefficient (Wildman–Crippen LogP) is 4.36. The Morgan fingerprint density at radius 1 is 1.10 bits per heavy atom. The summed E-state index contributed by atoms with van der Waals surface area (Å²) in [4.78, 5) is 0. The summed E-state index contributed by atoms with van der Waals surface area (Å²) < 4.78 is 11.9. The van der Waals surface area contributed by atoms with E-state index >= 15 is 0 Å².